The summed E-state index contributed by atoms with van der Waals surface area (Å²) >= 11 is 1.61. The first-order valence-corrected chi connectivity index (χ1v) is 13.0. The van der Waals surface area contributed by atoms with Gasteiger partial charge in [-0.2, -0.15) is 21.0 Å². The van der Waals surface area contributed by atoms with Crippen molar-refractivity contribution in [2.75, 3.05) is 32.0 Å². The molecule has 0 spiro atoms. The Balaban J connectivity index is 1.45. The van der Waals surface area contributed by atoms with Gasteiger partial charge in [-0.1, -0.05) is 6.07 Å². The average Bonchev–Trinajstić information content (AvgIpc) is 3.63. The van der Waals surface area contributed by atoms with E-state index in [2.05, 4.69) is 10.1 Å². The first kappa shape index (κ1) is 25.0. The van der Waals surface area contributed by atoms with Gasteiger partial charge in [-0.15, -0.1) is 0 Å². The molecule has 0 saturated carbocycles. The van der Waals surface area contributed by atoms with E-state index in [9.17, 15) is 19.8 Å². The van der Waals surface area contributed by atoms with Gasteiger partial charge in [0, 0.05) is 47.3 Å². The van der Waals surface area contributed by atoms with Gasteiger partial charge in [0.1, 0.15) is 5.82 Å². The Hall–Kier alpha value is -3.67. The van der Waals surface area contributed by atoms with Crippen LogP contribution >= 0.6 is 11.3 Å². The Morgan fingerprint density at radius 3 is 2.54 bits per heavy atom. The Morgan fingerprint density at radius 2 is 1.95 bits per heavy atom. The zero-order chi connectivity index (χ0) is 26.2. The summed E-state index contributed by atoms with van der Waals surface area (Å²) in [6, 6.07) is 5.93. The first-order chi connectivity index (χ1) is 17.9. The van der Waals surface area contributed by atoms with E-state index < -0.39 is 18.6 Å². The number of aromatic nitrogens is 4. The van der Waals surface area contributed by atoms with Crippen LogP contribution in [0.15, 0.2) is 41.4 Å². The van der Waals surface area contributed by atoms with Crippen molar-refractivity contribution >= 4 is 35.0 Å². The summed E-state index contributed by atoms with van der Waals surface area (Å²) in [5.41, 5.74) is 10.1. The van der Waals surface area contributed by atoms with Crippen LogP contribution in [0, 0.1) is 5.41 Å². The number of fused-ring (bicyclic) bond motifs is 1. The fourth-order valence-electron chi connectivity index (χ4n) is 4.74. The normalized spacial score (nSPS) is 14.8. The number of nitrogens with two attached hydrogens (primary N) is 1. The summed E-state index contributed by atoms with van der Waals surface area (Å²) < 4.78 is 1.47. The number of piperidine rings is 1. The van der Waals surface area contributed by atoms with E-state index >= 15 is 0 Å². The maximum Gasteiger partial charge on any atom is 0.233 e. The zero-order valence-corrected chi connectivity index (χ0v) is 21.2. The lowest BCUT2D eigenvalue weighted by atomic mass is 9.87. The number of rotatable bonds is 7. The number of aliphatic hydroxyl groups excluding tert-OH is 2. The lowest BCUT2D eigenvalue weighted by molar-refractivity contribution is -0.147. The third-order valence-corrected chi connectivity index (χ3v) is 7.83. The van der Waals surface area contributed by atoms with Crippen molar-refractivity contribution < 1.29 is 19.8 Å². The van der Waals surface area contributed by atoms with Crippen LogP contribution in [0.1, 0.15) is 41.7 Å². The van der Waals surface area contributed by atoms with Crippen molar-refractivity contribution in [3.8, 4) is 22.4 Å². The number of likely N-dealkylation sites (tertiary alicyclic amines) is 1. The maximum absolute atomic E-state index is 12.8. The molecule has 5 rings (SSSR count). The summed E-state index contributed by atoms with van der Waals surface area (Å²) in [7, 11) is 0. The summed E-state index contributed by atoms with van der Waals surface area (Å²) in [5.74, 6) is -0.158. The molecule has 4 N–H and O–H groups in total. The third kappa shape index (κ3) is 4.39. The molecule has 10 nitrogen and oxygen atoms in total. The lowest BCUT2D eigenvalue weighted by Crippen LogP contribution is -2.49. The number of aliphatic hydroxyl groups is 2. The molecule has 0 unspecified atom stereocenters. The molecule has 1 aliphatic heterocycles. The predicted molar refractivity (Wildman–Crippen MR) is 140 cm³/mol. The summed E-state index contributed by atoms with van der Waals surface area (Å²) in [4.78, 5) is 36.0. The SMILES string of the molecule is CC(CO)(CO)C(=O)N1CCC(c2nc3c(-c4ccc(-c5ccsc5)nc4)cnn3c(N)c2C=O)CC1. The van der Waals surface area contributed by atoms with Gasteiger partial charge >= 0.3 is 0 Å². The number of amides is 1. The Labute approximate surface area is 217 Å². The maximum atomic E-state index is 12.8. The smallest absolute Gasteiger partial charge is 0.233 e. The van der Waals surface area contributed by atoms with E-state index in [1.807, 2.05) is 29.0 Å². The zero-order valence-electron chi connectivity index (χ0n) is 20.4. The highest BCUT2D eigenvalue weighted by Crippen LogP contribution is 2.35. The molecule has 1 saturated heterocycles. The number of anilines is 1. The lowest BCUT2D eigenvalue weighted by Gasteiger charge is -2.37. The second-order valence-corrected chi connectivity index (χ2v) is 10.4. The van der Waals surface area contributed by atoms with Crippen LogP contribution in [-0.4, -0.2) is 73.2 Å². The van der Waals surface area contributed by atoms with Crippen molar-refractivity contribution in [3.05, 3.63) is 52.6 Å². The fraction of sp³-hybridized carbons (Fsp3) is 0.346. The highest BCUT2D eigenvalue weighted by molar-refractivity contribution is 7.08. The van der Waals surface area contributed by atoms with Gasteiger partial charge < -0.3 is 20.8 Å². The van der Waals surface area contributed by atoms with Gasteiger partial charge in [-0.25, -0.2) is 4.98 Å². The van der Waals surface area contributed by atoms with Crippen LogP contribution < -0.4 is 5.73 Å². The molecule has 1 aliphatic rings. The van der Waals surface area contributed by atoms with Crippen LogP contribution in [0.4, 0.5) is 5.82 Å². The number of carbonyl (C=O) groups excluding carboxylic acids is 2. The van der Waals surface area contributed by atoms with Crippen LogP contribution in [-0.2, 0) is 4.79 Å². The second kappa shape index (κ2) is 10.0. The standard InChI is InChI=1S/C26H28N6O4S/c1-26(14-34,15-35)25(36)31-7-4-16(5-8-31)22-20(12-33)23(27)32-24(30-22)19(11-29-32)17-2-3-21(28-10-17)18-6-9-37-13-18/h2-3,6,9-13,16,34-35H,4-5,7-8,14-15,27H2,1H3. The second-order valence-electron chi connectivity index (χ2n) is 9.59. The largest absolute Gasteiger partial charge is 0.395 e. The summed E-state index contributed by atoms with van der Waals surface area (Å²) in [6.45, 7) is 1.53. The molecule has 4 aromatic rings. The molecular weight excluding hydrogens is 492 g/mol. The summed E-state index contributed by atoms with van der Waals surface area (Å²) in [6.07, 6.45) is 5.30. The van der Waals surface area contributed by atoms with Crippen LogP contribution in [0.2, 0.25) is 0 Å². The highest BCUT2D eigenvalue weighted by atomic mass is 32.1. The van der Waals surface area contributed by atoms with E-state index in [4.69, 9.17) is 10.7 Å². The molecule has 0 aromatic carbocycles. The van der Waals surface area contributed by atoms with Gasteiger partial charge in [0.05, 0.1) is 41.8 Å². The molecule has 37 heavy (non-hydrogen) atoms. The minimum atomic E-state index is -1.22. The van der Waals surface area contributed by atoms with Crippen molar-refractivity contribution in [2.24, 2.45) is 5.41 Å². The Morgan fingerprint density at radius 1 is 1.19 bits per heavy atom. The Kier molecular flexibility index (Phi) is 6.76. The molecule has 5 heterocycles. The van der Waals surface area contributed by atoms with Crippen molar-refractivity contribution in [1.29, 1.82) is 0 Å². The predicted octanol–water partition coefficient (Wildman–Crippen LogP) is 2.61. The number of aldehydes is 1. The third-order valence-electron chi connectivity index (χ3n) is 7.14. The van der Waals surface area contributed by atoms with E-state index in [0.717, 1.165) is 22.4 Å². The molecular formula is C26H28N6O4S. The molecule has 11 heteroatoms. The average molecular weight is 521 g/mol. The quantitative estimate of drug-likeness (QED) is 0.315. The highest BCUT2D eigenvalue weighted by Gasteiger charge is 2.38. The van der Waals surface area contributed by atoms with Crippen molar-refractivity contribution in [2.45, 2.75) is 25.7 Å². The number of pyridine rings is 1. The van der Waals surface area contributed by atoms with Gasteiger partial charge in [-0.05, 0) is 37.3 Å². The number of hydrogen-bond acceptors (Lipinski definition) is 9. The van der Waals surface area contributed by atoms with E-state index in [1.165, 1.54) is 4.52 Å². The molecule has 1 amide bonds. The first-order valence-electron chi connectivity index (χ1n) is 12.0. The Bertz CT molecular complexity index is 1420. The number of hydrogen-bond donors (Lipinski definition) is 3. The number of nitrogens with zero attached hydrogens (tertiary/aromatic N) is 5. The van der Waals surface area contributed by atoms with Crippen molar-refractivity contribution in [1.82, 2.24) is 24.5 Å². The van der Waals surface area contributed by atoms with Gasteiger partial charge in [0.25, 0.3) is 0 Å². The molecule has 192 valence electrons. The van der Waals surface area contributed by atoms with E-state index in [0.29, 0.717) is 49.1 Å². The molecule has 0 aliphatic carbocycles. The van der Waals surface area contributed by atoms with E-state index in [-0.39, 0.29) is 17.6 Å². The summed E-state index contributed by atoms with van der Waals surface area (Å²) in [5, 5.41) is 27.6. The minimum Gasteiger partial charge on any atom is -0.395 e. The number of carbonyl (C=O) groups is 2. The van der Waals surface area contributed by atoms with Crippen LogP contribution in [0.3, 0.4) is 0 Å². The van der Waals surface area contributed by atoms with Gasteiger partial charge in [0.2, 0.25) is 5.91 Å². The molecule has 0 radical (unpaired) electrons. The van der Waals surface area contributed by atoms with E-state index in [1.54, 1.807) is 35.6 Å². The van der Waals surface area contributed by atoms with Crippen LogP contribution in [0.25, 0.3) is 28.0 Å². The van der Waals surface area contributed by atoms with Crippen LogP contribution in [0.5, 0.6) is 0 Å². The van der Waals surface area contributed by atoms with Crippen molar-refractivity contribution in [3.63, 3.8) is 0 Å². The fourth-order valence-corrected chi connectivity index (χ4v) is 5.39. The molecule has 0 bridgehead atoms. The number of nitrogen functional groups attached to an aromatic ring is 1. The molecule has 1 fully saturated rings. The molecule has 4 aromatic heterocycles. The topological polar surface area (TPSA) is 147 Å². The monoisotopic (exact) mass is 520 g/mol. The molecule has 0 atom stereocenters. The van der Waals surface area contributed by atoms with Gasteiger partial charge in [0.15, 0.2) is 11.9 Å². The minimum absolute atomic E-state index is 0.0899. The van der Waals surface area contributed by atoms with Gasteiger partial charge in [-0.3, -0.25) is 14.6 Å². The number of thiophene rings is 1.